The third-order valence-electron chi connectivity index (χ3n) is 2.31. The predicted octanol–water partition coefficient (Wildman–Crippen LogP) is 3.34. The van der Waals surface area contributed by atoms with Crippen LogP contribution in [0.4, 0.5) is 0 Å². The van der Waals surface area contributed by atoms with E-state index in [4.69, 9.17) is 5.11 Å². The summed E-state index contributed by atoms with van der Waals surface area (Å²) in [6.45, 7) is 0. The van der Waals surface area contributed by atoms with Gasteiger partial charge in [-0.25, -0.2) is 4.79 Å². The molecule has 0 fully saturated rings. The van der Waals surface area contributed by atoms with Gasteiger partial charge in [-0.15, -0.1) is 12.6 Å². The second-order valence-electron chi connectivity index (χ2n) is 3.40. The van der Waals surface area contributed by atoms with Crippen molar-refractivity contribution in [2.24, 2.45) is 0 Å². The van der Waals surface area contributed by atoms with Gasteiger partial charge in [0.1, 0.15) is 0 Å². The molecule has 0 spiro atoms. The van der Waals surface area contributed by atoms with Crippen molar-refractivity contribution in [2.75, 3.05) is 0 Å². The Kier molecular flexibility index (Phi) is 2.97. The number of hydrogen-bond donors (Lipinski definition) is 2. The van der Waals surface area contributed by atoms with Crippen molar-refractivity contribution >= 4 is 18.6 Å². The zero-order valence-electron chi connectivity index (χ0n) is 8.42. The van der Waals surface area contributed by atoms with E-state index in [0.717, 1.165) is 10.5 Å². The molecule has 1 N–H and O–H groups in total. The Bertz CT molecular complexity index is 535. The molecule has 3 heteroatoms. The molecular weight excluding hydrogens is 220 g/mol. The van der Waals surface area contributed by atoms with Gasteiger partial charge in [0, 0.05) is 4.90 Å². The topological polar surface area (TPSA) is 37.3 Å². The molecule has 0 aliphatic rings. The largest absolute Gasteiger partial charge is 0.478 e. The second kappa shape index (κ2) is 4.41. The maximum absolute atomic E-state index is 11.1. The molecule has 0 unspecified atom stereocenters. The predicted molar refractivity (Wildman–Crippen MR) is 66.1 cm³/mol. The van der Waals surface area contributed by atoms with E-state index in [9.17, 15) is 4.79 Å². The molecule has 2 nitrogen and oxygen atoms in total. The Balaban J connectivity index is 2.60. The fourth-order valence-electron chi connectivity index (χ4n) is 1.59. The smallest absolute Gasteiger partial charge is 0.336 e. The van der Waals surface area contributed by atoms with E-state index in [1.807, 2.05) is 30.3 Å². The van der Waals surface area contributed by atoms with Gasteiger partial charge in [0.05, 0.1) is 5.56 Å². The molecule has 0 saturated heterocycles. The standard InChI is InChI=1S/C13H10O2S/c14-13(15)12-7-2-1-6-11(12)9-4-3-5-10(16)8-9/h1-8,16H,(H,14,15). The van der Waals surface area contributed by atoms with Crippen LogP contribution in [0.3, 0.4) is 0 Å². The minimum Gasteiger partial charge on any atom is -0.478 e. The fraction of sp³-hybridized carbons (Fsp3) is 0. The highest BCUT2D eigenvalue weighted by molar-refractivity contribution is 7.80. The maximum Gasteiger partial charge on any atom is 0.336 e. The van der Waals surface area contributed by atoms with Gasteiger partial charge in [0.2, 0.25) is 0 Å². The monoisotopic (exact) mass is 230 g/mol. The Morgan fingerprint density at radius 3 is 2.50 bits per heavy atom. The van der Waals surface area contributed by atoms with Crippen LogP contribution in [-0.4, -0.2) is 11.1 Å². The Hall–Kier alpha value is -1.74. The van der Waals surface area contributed by atoms with E-state index in [0.29, 0.717) is 11.1 Å². The van der Waals surface area contributed by atoms with Crippen molar-refractivity contribution in [3.05, 3.63) is 54.1 Å². The molecule has 80 valence electrons. The average Bonchev–Trinajstić information content (AvgIpc) is 2.29. The van der Waals surface area contributed by atoms with E-state index in [1.54, 1.807) is 18.2 Å². The maximum atomic E-state index is 11.1. The molecule has 0 bridgehead atoms. The first-order valence-electron chi connectivity index (χ1n) is 4.80. The third kappa shape index (κ3) is 2.09. The van der Waals surface area contributed by atoms with Gasteiger partial charge in [-0.1, -0.05) is 30.3 Å². The lowest BCUT2D eigenvalue weighted by Crippen LogP contribution is -1.98. The summed E-state index contributed by atoms with van der Waals surface area (Å²) in [4.78, 5) is 11.9. The zero-order chi connectivity index (χ0) is 11.5. The first-order chi connectivity index (χ1) is 7.68. The molecule has 0 aliphatic heterocycles. The van der Waals surface area contributed by atoms with Gasteiger partial charge in [0.15, 0.2) is 0 Å². The molecule has 0 aliphatic carbocycles. The number of rotatable bonds is 2. The van der Waals surface area contributed by atoms with Crippen LogP contribution in [0.15, 0.2) is 53.4 Å². The van der Waals surface area contributed by atoms with Crippen LogP contribution < -0.4 is 0 Å². The minimum atomic E-state index is -0.917. The number of hydrogen-bond acceptors (Lipinski definition) is 2. The highest BCUT2D eigenvalue weighted by Crippen LogP contribution is 2.25. The quantitative estimate of drug-likeness (QED) is 0.776. The molecule has 0 amide bonds. The van der Waals surface area contributed by atoms with Gasteiger partial charge in [-0.05, 0) is 29.3 Å². The van der Waals surface area contributed by atoms with Crippen molar-refractivity contribution in [3.63, 3.8) is 0 Å². The number of benzene rings is 2. The van der Waals surface area contributed by atoms with Crippen molar-refractivity contribution < 1.29 is 9.90 Å². The van der Waals surface area contributed by atoms with E-state index < -0.39 is 5.97 Å². The average molecular weight is 230 g/mol. The third-order valence-corrected chi connectivity index (χ3v) is 2.59. The van der Waals surface area contributed by atoms with Crippen LogP contribution in [0.25, 0.3) is 11.1 Å². The number of carboxylic acid groups (broad SMARTS) is 1. The van der Waals surface area contributed by atoms with Crippen LogP contribution in [0.2, 0.25) is 0 Å². The van der Waals surface area contributed by atoms with Crippen LogP contribution >= 0.6 is 12.6 Å². The summed E-state index contributed by atoms with van der Waals surface area (Å²) in [5, 5.41) is 9.08. The molecule has 2 rings (SSSR count). The molecule has 0 saturated carbocycles. The molecule has 0 aromatic heterocycles. The van der Waals surface area contributed by atoms with Crippen molar-refractivity contribution in [3.8, 4) is 11.1 Å². The number of carboxylic acids is 1. The molecule has 0 heterocycles. The lowest BCUT2D eigenvalue weighted by atomic mass is 10.00. The first kappa shape index (κ1) is 10.8. The van der Waals surface area contributed by atoms with Gasteiger partial charge >= 0.3 is 5.97 Å². The number of aromatic carboxylic acids is 1. The van der Waals surface area contributed by atoms with Gasteiger partial charge in [0.25, 0.3) is 0 Å². The summed E-state index contributed by atoms with van der Waals surface area (Å²) >= 11 is 4.24. The Morgan fingerprint density at radius 2 is 1.81 bits per heavy atom. The van der Waals surface area contributed by atoms with Crippen LogP contribution in [0.1, 0.15) is 10.4 Å². The summed E-state index contributed by atoms with van der Waals surface area (Å²) in [5.74, 6) is -0.917. The SMILES string of the molecule is O=C(O)c1ccccc1-c1cccc(S)c1. The lowest BCUT2D eigenvalue weighted by Gasteiger charge is -2.06. The molecule has 16 heavy (non-hydrogen) atoms. The second-order valence-corrected chi connectivity index (χ2v) is 3.92. The summed E-state index contributed by atoms with van der Waals surface area (Å²) in [6, 6.07) is 14.4. The highest BCUT2D eigenvalue weighted by atomic mass is 32.1. The van der Waals surface area contributed by atoms with Gasteiger partial charge < -0.3 is 5.11 Å². The first-order valence-corrected chi connectivity index (χ1v) is 5.25. The molecule has 0 atom stereocenters. The summed E-state index contributed by atoms with van der Waals surface area (Å²) in [6.07, 6.45) is 0. The summed E-state index contributed by atoms with van der Waals surface area (Å²) in [5.41, 5.74) is 1.89. The van der Waals surface area contributed by atoms with Crippen LogP contribution in [0, 0.1) is 0 Å². The highest BCUT2D eigenvalue weighted by Gasteiger charge is 2.10. The summed E-state index contributed by atoms with van der Waals surface area (Å²) in [7, 11) is 0. The van der Waals surface area contributed by atoms with Crippen LogP contribution in [0.5, 0.6) is 0 Å². The molecular formula is C13H10O2S. The van der Waals surface area contributed by atoms with Crippen LogP contribution in [-0.2, 0) is 0 Å². The molecule has 2 aromatic carbocycles. The van der Waals surface area contributed by atoms with Gasteiger partial charge in [-0.2, -0.15) is 0 Å². The zero-order valence-corrected chi connectivity index (χ0v) is 9.32. The van der Waals surface area contributed by atoms with E-state index in [2.05, 4.69) is 12.6 Å². The minimum absolute atomic E-state index is 0.307. The van der Waals surface area contributed by atoms with E-state index >= 15 is 0 Å². The van der Waals surface area contributed by atoms with Gasteiger partial charge in [-0.3, -0.25) is 0 Å². The molecule has 2 aromatic rings. The number of carbonyl (C=O) groups is 1. The Labute approximate surface area is 99.0 Å². The number of thiol groups is 1. The summed E-state index contributed by atoms with van der Waals surface area (Å²) < 4.78 is 0. The van der Waals surface area contributed by atoms with Crippen molar-refractivity contribution in [2.45, 2.75) is 4.90 Å². The molecule has 0 radical (unpaired) electrons. The normalized spacial score (nSPS) is 10.1. The van der Waals surface area contributed by atoms with E-state index in [-0.39, 0.29) is 0 Å². The Morgan fingerprint density at radius 1 is 1.06 bits per heavy atom. The van der Waals surface area contributed by atoms with E-state index in [1.165, 1.54) is 0 Å². The van der Waals surface area contributed by atoms with Crippen molar-refractivity contribution in [1.29, 1.82) is 0 Å². The lowest BCUT2D eigenvalue weighted by molar-refractivity contribution is 0.0698. The van der Waals surface area contributed by atoms with Crippen molar-refractivity contribution in [1.82, 2.24) is 0 Å². The fourth-order valence-corrected chi connectivity index (χ4v) is 1.82.